The summed E-state index contributed by atoms with van der Waals surface area (Å²) in [6.07, 6.45) is 0. The molecule has 0 aliphatic carbocycles. The fraction of sp³-hybridized carbons (Fsp3) is 0. The number of aromatic nitrogens is 2. The first kappa shape index (κ1) is 65.7. The van der Waals surface area contributed by atoms with Crippen LogP contribution in [-0.4, -0.2) is 9.13 Å². The van der Waals surface area contributed by atoms with E-state index in [9.17, 15) is 0 Å². The van der Waals surface area contributed by atoms with Gasteiger partial charge in [-0.3, -0.25) is 0 Å². The quantitative estimate of drug-likeness (QED) is 0.116. The largest absolute Gasteiger partial charge is 1.00 e. The Morgan fingerprint density at radius 1 is 0.216 bits per heavy atom. The lowest BCUT2D eigenvalue weighted by Gasteiger charge is -2.26. The predicted molar refractivity (Wildman–Crippen MR) is 432 cm³/mol. The number of fused-ring (bicyclic) bond motifs is 6. The van der Waals surface area contributed by atoms with Gasteiger partial charge in [0.05, 0.1) is 22.1 Å². The summed E-state index contributed by atoms with van der Waals surface area (Å²) in [7, 11) is 0. The van der Waals surface area contributed by atoms with Crippen LogP contribution < -0.4 is 34.2 Å². The Hall–Kier alpha value is -12.3. The van der Waals surface area contributed by atoms with Crippen LogP contribution >= 0.6 is 11.6 Å². The Labute approximate surface area is 619 Å². The number of hydrogen-bond acceptors (Lipinski definition) is 2. The van der Waals surface area contributed by atoms with E-state index in [2.05, 4.69) is 408 Å². The lowest BCUT2D eigenvalue weighted by Crippen LogP contribution is -3.00. The molecular formula is C96H71ClIN4-. The Kier molecular flexibility index (Phi) is 19.6. The van der Waals surface area contributed by atoms with Gasteiger partial charge in [-0.25, -0.2) is 0 Å². The van der Waals surface area contributed by atoms with Crippen LogP contribution in [0.2, 0.25) is 5.02 Å². The van der Waals surface area contributed by atoms with Crippen molar-refractivity contribution in [2.45, 2.75) is 0 Å². The van der Waals surface area contributed by atoms with E-state index in [-0.39, 0.29) is 25.4 Å². The van der Waals surface area contributed by atoms with Crippen LogP contribution in [0.25, 0.3) is 122 Å². The molecule has 0 aliphatic rings. The average molecular weight is 1450 g/mol. The van der Waals surface area contributed by atoms with Crippen LogP contribution in [0, 0.1) is 0 Å². The molecule has 0 spiro atoms. The van der Waals surface area contributed by atoms with Crippen LogP contribution in [0.3, 0.4) is 0 Å². The Balaban J connectivity index is 0.000000143. The number of para-hydroxylation sites is 4. The second-order valence-electron chi connectivity index (χ2n) is 25.1. The lowest BCUT2D eigenvalue weighted by molar-refractivity contribution is -0.0000188. The molecular weight excluding hydrogens is 1370 g/mol. The van der Waals surface area contributed by atoms with Crippen molar-refractivity contribution in [3.05, 3.63) is 418 Å². The highest BCUT2D eigenvalue weighted by molar-refractivity contribution is 6.30. The molecule has 2 aromatic heterocycles. The Bertz CT molecular complexity index is 5620. The first-order chi connectivity index (χ1) is 50.0. The van der Waals surface area contributed by atoms with Crippen LogP contribution in [0.5, 0.6) is 0 Å². The van der Waals surface area contributed by atoms with Gasteiger partial charge in [0, 0.05) is 67.8 Å². The molecule has 0 unspecified atom stereocenters. The molecule has 4 nitrogen and oxygen atoms in total. The van der Waals surface area contributed by atoms with Gasteiger partial charge in [0.15, 0.2) is 0 Å². The second-order valence-corrected chi connectivity index (χ2v) is 25.5. The van der Waals surface area contributed by atoms with Crippen molar-refractivity contribution in [3.8, 4) is 78.1 Å². The van der Waals surface area contributed by atoms with Gasteiger partial charge >= 0.3 is 0 Å². The number of rotatable bonds is 13. The monoisotopic (exact) mass is 1440 g/mol. The summed E-state index contributed by atoms with van der Waals surface area (Å²) in [6.45, 7) is 0. The van der Waals surface area contributed by atoms with Gasteiger partial charge in [-0.05, 0) is 200 Å². The van der Waals surface area contributed by atoms with Crippen LogP contribution in [0.1, 0.15) is 1.43 Å². The number of halogens is 2. The molecule has 0 bridgehead atoms. The summed E-state index contributed by atoms with van der Waals surface area (Å²) >= 11 is 6.04. The normalized spacial score (nSPS) is 10.9. The fourth-order valence-electron chi connectivity index (χ4n) is 13.7. The summed E-state index contributed by atoms with van der Waals surface area (Å²) in [4.78, 5) is 2.34. The highest BCUT2D eigenvalue weighted by atomic mass is 127. The maximum absolute atomic E-state index is 6.04. The number of hydrogen-bond donors (Lipinski definition) is 1. The third kappa shape index (κ3) is 14.2. The minimum atomic E-state index is 0. The lowest BCUT2D eigenvalue weighted by atomic mass is 10.0. The predicted octanol–water partition coefficient (Wildman–Crippen LogP) is 24.4. The van der Waals surface area contributed by atoms with Crippen LogP contribution in [0.15, 0.2) is 413 Å². The van der Waals surface area contributed by atoms with E-state index in [0.717, 1.165) is 33.5 Å². The van der Waals surface area contributed by atoms with Gasteiger partial charge in [-0.2, -0.15) is 0 Å². The van der Waals surface area contributed by atoms with Gasteiger partial charge in [0.2, 0.25) is 0 Å². The molecule has 6 heteroatoms. The van der Waals surface area contributed by atoms with Crippen molar-refractivity contribution < 1.29 is 25.4 Å². The minimum absolute atomic E-state index is 0. The van der Waals surface area contributed by atoms with Crippen molar-refractivity contribution in [2.75, 3.05) is 10.2 Å². The van der Waals surface area contributed by atoms with Crippen molar-refractivity contribution >= 4 is 83.6 Å². The molecule has 18 aromatic rings. The first-order valence-electron chi connectivity index (χ1n) is 34.2. The van der Waals surface area contributed by atoms with Gasteiger partial charge in [-0.15, -0.1) is 0 Å². The number of nitrogens with zero attached hydrogens (tertiary/aromatic N) is 3. The average Bonchev–Trinajstić information content (AvgIpc) is 1.62. The summed E-state index contributed by atoms with van der Waals surface area (Å²) in [5.74, 6) is 0. The third-order valence-electron chi connectivity index (χ3n) is 18.7. The fourth-order valence-corrected chi connectivity index (χ4v) is 13.8. The molecule has 490 valence electrons. The van der Waals surface area contributed by atoms with Crippen LogP contribution in [0.4, 0.5) is 28.4 Å². The van der Waals surface area contributed by atoms with E-state index in [1.54, 1.807) is 0 Å². The molecule has 0 saturated heterocycles. The zero-order chi connectivity index (χ0) is 67.7. The number of nitrogens with one attached hydrogen (secondary N) is 1. The topological polar surface area (TPSA) is 25.1 Å². The summed E-state index contributed by atoms with van der Waals surface area (Å²) in [6, 6.07) is 146. The maximum atomic E-state index is 6.04. The highest BCUT2D eigenvalue weighted by Gasteiger charge is 2.18. The third-order valence-corrected chi connectivity index (χ3v) is 19.0. The number of benzene rings is 16. The molecule has 2 heterocycles. The van der Waals surface area contributed by atoms with E-state index >= 15 is 0 Å². The minimum Gasteiger partial charge on any atom is -1.00 e. The van der Waals surface area contributed by atoms with Gasteiger partial charge in [0.1, 0.15) is 0 Å². The molecule has 0 saturated carbocycles. The molecule has 0 fully saturated rings. The summed E-state index contributed by atoms with van der Waals surface area (Å²) in [5, 5.41) is 9.26. The molecule has 0 amide bonds. The van der Waals surface area contributed by atoms with Crippen LogP contribution in [-0.2, 0) is 0 Å². The molecule has 16 aromatic carbocycles. The summed E-state index contributed by atoms with van der Waals surface area (Å²) < 4.78 is 4.69. The first-order valence-corrected chi connectivity index (χ1v) is 34.6. The summed E-state index contributed by atoms with van der Waals surface area (Å²) in [5.41, 5.74) is 27.2. The van der Waals surface area contributed by atoms with E-state index < -0.39 is 0 Å². The van der Waals surface area contributed by atoms with Gasteiger partial charge in [-0.1, -0.05) is 291 Å². The molecule has 0 aliphatic heterocycles. The Morgan fingerprint density at radius 2 is 0.451 bits per heavy atom. The van der Waals surface area contributed by atoms with Crippen molar-refractivity contribution in [1.29, 1.82) is 0 Å². The van der Waals surface area contributed by atoms with Gasteiger partial charge in [0.25, 0.3) is 0 Å². The number of anilines is 5. The maximum Gasteiger partial charge on any atom is 0.0541 e. The Morgan fingerprint density at radius 3 is 0.775 bits per heavy atom. The van der Waals surface area contributed by atoms with Crippen molar-refractivity contribution in [1.82, 2.24) is 9.13 Å². The zero-order valence-corrected chi connectivity index (χ0v) is 58.8. The zero-order valence-electron chi connectivity index (χ0n) is 55.9. The molecule has 102 heavy (non-hydrogen) atoms. The van der Waals surface area contributed by atoms with E-state index in [1.165, 1.54) is 122 Å². The smallest absolute Gasteiger partial charge is 0.0541 e. The van der Waals surface area contributed by atoms with Crippen molar-refractivity contribution in [3.63, 3.8) is 0 Å². The standard InChI is InChI=1S/C48H34N2.C24H16ClN.C24H19N.HI.H2/c1-4-12-35(13-5-1)37-20-27-42(28-21-37)49(43-29-22-38(23-30-43)36-14-6-2-7-15-36)44-31-24-39(25-32-44)40-26-33-48-46(34-40)45-18-10-11-19-47(45)50(48)41-16-8-3-9-17-41;25-19-13-10-17(11-14-19)18-12-15-24-22(16-18)21-8-4-5-9-23(21)26(24)20-6-2-1-3-7-20;1-3-7-19(8-4-1)21-11-15-23(16-12-21)25-24-17-13-22(14-18-24)20-9-5-2-6-10-20;;/h1-34H;1-16H;1-18,25H;2*1H/p-1/i;;;;1+2. The molecule has 0 atom stereocenters. The second kappa shape index (κ2) is 30.5. The highest BCUT2D eigenvalue weighted by Crippen LogP contribution is 2.41. The molecule has 0 radical (unpaired) electrons. The SMILES string of the molecule is Clc1ccc(-c2ccc3c(c2)c2ccccc2n3-c2ccccc2)cc1.[3HH].[I-].c1ccc(-c2ccc(N(c3ccc(-c4ccccc4)cc3)c3ccc(-c4ccc5c(c4)c4ccccc4n5-c4ccccc4)cc3)cc2)cc1.c1ccc(-c2ccc(Nc3ccc(-c4ccccc4)cc3)cc2)cc1. The van der Waals surface area contributed by atoms with Crippen molar-refractivity contribution in [2.24, 2.45) is 0 Å². The van der Waals surface area contributed by atoms with Gasteiger partial charge < -0.3 is 43.3 Å². The van der Waals surface area contributed by atoms with E-state index in [0.29, 0.717) is 0 Å². The van der Waals surface area contributed by atoms with E-state index in [4.69, 9.17) is 11.6 Å². The molecule has 18 rings (SSSR count). The van der Waals surface area contributed by atoms with E-state index in [1.807, 2.05) is 24.3 Å². The molecule has 1 N–H and O–H groups in total.